The maximum absolute atomic E-state index is 11.7. The number of amides is 2. The fourth-order valence-corrected chi connectivity index (χ4v) is 1.98. The maximum atomic E-state index is 11.7. The Hall–Kier alpha value is -1.30. The molecule has 6 nitrogen and oxygen atoms in total. The molecule has 2 N–H and O–H groups in total. The third-order valence-electron chi connectivity index (χ3n) is 3.21. The van der Waals surface area contributed by atoms with Gasteiger partial charge >= 0.3 is 12.0 Å². The molecule has 0 aromatic heterocycles. The van der Waals surface area contributed by atoms with Crippen LogP contribution >= 0.6 is 0 Å². The van der Waals surface area contributed by atoms with Crippen molar-refractivity contribution in [3.05, 3.63) is 0 Å². The molecule has 1 aliphatic rings. The Bertz CT molecular complexity index is 296. The predicted octanol–water partition coefficient (Wildman–Crippen LogP) is 1.31. The topological polar surface area (TPSA) is 78.9 Å². The first-order valence-electron chi connectivity index (χ1n) is 6.98. The lowest BCUT2D eigenvalue weighted by atomic mass is 10.1. The Kier molecular flexibility index (Phi) is 7.25. The number of hydrogen-bond acceptors (Lipinski definition) is 3. The first-order valence-corrected chi connectivity index (χ1v) is 6.98. The number of carbonyl (C=O) groups excluding carboxylic acids is 1. The van der Waals surface area contributed by atoms with Crippen molar-refractivity contribution in [1.29, 1.82) is 0 Å². The Labute approximate surface area is 114 Å². The van der Waals surface area contributed by atoms with Gasteiger partial charge in [-0.05, 0) is 19.3 Å². The van der Waals surface area contributed by atoms with Crippen LogP contribution in [0, 0.1) is 5.92 Å². The number of carbonyl (C=O) groups is 2. The number of carboxylic acid groups (broad SMARTS) is 1. The van der Waals surface area contributed by atoms with Crippen LogP contribution in [0.4, 0.5) is 4.79 Å². The minimum absolute atomic E-state index is 0.169. The zero-order valence-electron chi connectivity index (χ0n) is 11.6. The molecule has 0 bridgehead atoms. The Morgan fingerprint density at radius 3 is 2.74 bits per heavy atom. The van der Waals surface area contributed by atoms with E-state index in [1.165, 1.54) is 0 Å². The van der Waals surface area contributed by atoms with Crippen molar-refractivity contribution < 1.29 is 19.4 Å². The summed E-state index contributed by atoms with van der Waals surface area (Å²) in [4.78, 5) is 24.1. The average Bonchev–Trinajstić information content (AvgIpc) is 2.87. The molecule has 1 fully saturated rings. The van der Waals surface area contributed by atoms with Crippen molar-refractivity contribution in [2.45, 2.75) is 32.6 Å². The second-order valence-corrected chi connectivity index (χ2v) is 4.82. The fourth-order valence-electron chi connectivity index (χ4n) is 1.98. The summed E-state index contributed by atoms with van der Waals surface area (Å²) in [6.07, 6.45) is 3.52. The van der Waals surface area contributed by atoms with Crippen molar-refractivity contribution in [2.24, 2.45) is 5.92 Å². The van der Waals surface area contributed by atoms with Gasteiger partial charge in [-0.15, -0.1) is 0 Å². The van der Waals surface area contributed by atoms with Crippen molar-refractivity contribution in [1.82, 2.24) is 10.2 Å². The fraction of sp³-hybridized carbons (Fsp3) is 0.846. The SMILES string of the molecule is CCCCOCCCNC(=O)N1CCC(C(=O)O)C1. The summed E-state index contributed by atoms with van der Waals surface area (Å²) in [5.74, 6) is -1.23. The normalized spacial score (nSPS) is 18.6. The van der Waals surface area contributed by atoms with Crippen molar-refractivity contribution in [3.63, 3.8) is 0 Å². The summed E-state index contributed by atoms with van der Waals surface area (Å²) >= 11 is 0. The number of carboxylic acids is 1. The molecule has 6 heteroatoms. The van der Waals surface area contributed by atoms with E-state index in [9.17, 15) is 9.59 Å². The van der Waals surface area contributed by atoms with Gasteiger partial charge in [0, 0.05) is 32.8 Å². The van der Waals surface area contributed by atoms with Gasteiger partial charge in [-0.1, -0.05) is 13.3 Å². The highest BCUT2D eigenvalue weighted by Crippen LogP contribution is 2.15. The van der Waals surface area contributed by atoms with E-state index < -0.39 is 11.9 Å². The molecule has 1 atom stereocenters. The molecule has 110 valence electrons. The van der Waals surface area contributed by atoms with Crippen molar-refractivity contribution in [3.8, 4) is 0 Å². The predicted molar refractivity (Wildman–Crippen MR) is 71.1 cm³/mol. The zero-order valence-corrected chi connectivity index (χ0v) is 11.6. The van der Waals surface area contributed by atoms with Crippen LogP contribution in [0.2, 0.25) is 0 Å². The molecule has 0 saturated carbocycles. The van der Waals surface area contributed by atoms with Gasteiger partial charge < -0.3 is 20.1 Å². The van der Waals surface area contributed by atoms with Crippen LogP contribution in [0.1, 0.15) is 32.6 Å². The smallest absolute Gasteiger partial charge is 0.317 e. The minimum Gasteiger partial charge on any atom is -0.481 e. The van der Waals surface area contributed by atoms with Gasteiger partial charge in [-0.25, -0.2) is 4.79 Å². The Morgan fingerprint density at radius 1 is 1.37 bits per heavy atom. The molecule has 0 aromatic rings. The zero-order chi connectivity index (χ0) is 14.1. The number of hydrogen-bond donors (Lipinski definition) is 2. The molecule has 0 radical (unpaired) electrons. The molecule has 0 aliphatic carbocycles. The molecule has 19 heavy (non-hydrogen) atoms. The summed E-state index contributed by atoms with van der Waals surface area (Å²) in [6, 6.07) is -0.169. The van der Waals surface area contributed by atoms with Crippen molar-refractivity contribution in [2.75, 3.05) is 32.8 Å². The van der Waals surface area contributed by atoms with Gasteiger partial charge in [-0.3, -0.25) is 4.79 Å². The Morgan fingerprint density at radius 2 is 2.11 bits per heavy atom. The van der Waals surface area contributed by atoms with Crippen LogP contribution in [0.25, 0.3) is 0 Å². The molecule has 1 saturated heterocycles. The van der Waals surface area contributed by atoms with E-state index in [2.05, 4.69) is 12.2 Å². The summed E-state index contributed by atoms with van der Waals surface area (Å²) in [6.45, 7) is 4.95. The number of urea groups is 1. The number of unbranched alkanes of at least 4 members (excludes halogenated alkanes) is 1. The molecule has 1 rings (SSSR count). The van der Waals surface area contributed by atoms with E-state index in [-0.39, 0.29) is 6.03 Å². The molecular formula is C13H24N2O4. The Balaban J connectivity index is 2.04. The molecule has 2 amide bonds. The van der Waals surface area contributed by atoms with Crippen LogP contribution in [0.5, 0.6) is 0 Å². The third kappa shape index (κ3) is 5.92. The summed E-state index contributed by atoms with van der Waals surface area (Å²) in [5.41, 5.74) is 0. The number of aliphatic carboxylic acids is 1. The second-order valence-electron chi connectivity index (χ2n) is 4.82. The van der Waals surface area contributed by atoms with E-state index in [4.69, 9.17) is 9.84 Å². The van der Waals surface area contributed by atoms with Gasteiger partial charge in [-0.2, -0.15) is 0 Å². The lowest BCUT2D eigenvalue weighted by Crippen LogP contribution is -2.39. The number of nitrogens with one attached hydrogen (secondary N) is 1. The molecule has 0 aromatic carbocycles. The van der Waals surface area contributed by atoms with Gasteiger partial charge in [0.25, 0.3) is 0 Å². The van der Waals surface area contributed by atoms with E-state index in [0.29, 0.717) is 32.7 Å². The lowest BCUT2D eigenvalue weighted by molar-refractivity contribution is -0.141. The first-order chi connectivity index (χ1) is 9.15. The highest BCUT2D eigenvalue weighted by atomic mass is 16.5. The van der Waals surface area contributed by atoms with Crippen LogP contribution in [-0.2, 0) is 9.53 Å². The average molecular weight is 272 g/mol. The third-order valence-corrected chi connectivity index (χ3v) is 3.21. The second kappa shape index (κ2) is 8.74. The number of likely N-dealkylation sites (tertiary alicyclic amines) is 1. The largest absolute Gasteiger partial charge is 0.481 e. The lowest BCUT2D eigenvalue weighted by Gasteiger charge is -2.16. The van der Waals surface area contributed by atoms with E-state index in [0.717, 1.165) is 25.9 Å². The summed E-state index contributed by atoms with van der Waals surface area (Å²) in [7, 11) is 0. The van der Waals surface area contributed by atoms with Gasteiger partial charge in [0.15, 0.2) is 0 Å². The highest BCUT2D eigenvalue weighted by molar-refractivity contribution is 5.77. The van der Waals surface area contributed by atoms with Crippen LogP contribution in [0.15, 0.2) is 0 Å². The van der Waals surface area contributed by atoms with Gasteiger partial charge in [0.1, 0.15) is 0 Å². The van der Waals surface area contributed by atoms with Crippen molar-refractivity contribution >= 4 is 12.0 Å². The maximum Gasteiger partial charge on any atom is 0.317 e. The van der Waals surface area contributed by atoms with Crippen LogP contribution in [-0.4, -0.2) is 54.9 Å². The number of nitrogens with zero attached hydrogens (tertiary/aromatic N) is 1. The molecule has 1 aliphatic heterocycles. The minimum atomic E-state index is -0.820. The van der Waals surface area contributed by atoms with Crippen LogP contribution < -0.4 is 5.32 Å². The van der Waals surface area contributed by atoms with Crippen LogP contribution in [0.3, 0.4) is 0 Å². The van der Waals surface area contributed by atoms with E-state index in [1.807, 2.05) is 0 Å². The first kappa shape index (κ1) is 15.8. The highest BCUT2D eigenvalue weighted by Gasteiger charge is 2.30. The monoisotopic (exact) mass is 272 g/mol. The quantitative estimate of drug-likeness (QED) is 0.653. The van der Waals surface area contributed by atoms with E-state index in [1.54, 1.807) is 4.90 Å². The summed E-state index contributed by atoms with van der Waals surface area (Å²) in [5, 5.41) is 11.6. The van der Waals surface area contributed by atoms with E-state index >= 15 is 0 Å². The number of rotatable bonds is 8. The molecule has 1 heterocycles. The van der Waals surface area contributed by atoms with Gasteiger partial charge in [0.2, 0.25) is 0 Å². The molecular weight excluding hydrogens is 248 g/mol. The standard InChI is InChI=1S/C13H24N2O4/c1-2-3-8-19-9-4-6-14-13(18)15-7-5-11(10-15)12(16)17/h11H,2-10H2,1H3,(H,14,18)(H,16,17). The molecule has 1 unspecified atom stereocenters. The van der Waals surface area contributed by atoms with Gasteiger partial charge in [0.05, 0.1) is 5.92 Å². The molecule has 0 spiro atoms. The number of ether oxygens (including phenoxy) is 1. The summed E-state index contributed by atoms with van der Waals surface area (Å²) < 4.78 is 5.39.